The first-order valence-electron chi connectivity index (χ1n) is 6.20. The van der Waals surface area contributed by atoms with Gasteiger partial charge in [-0.1, -0.05) is 41.9 Å². The van der Waals surface area contributed by atoms with Gasteiger partial charge in [-0.3, -0.25) is 14.9 Å². The second-order valence-corrected chi connectivity index (χ2v) is 4.95. The summed E-state index contributed by atoms with van der Waals surface area (Å²) in [5.74, 6) is -0.208. The second kappa shape index (κ2) is 6.33. The molecule has 0 aliphatic carbocycles. The van der Waals surface area contributed by atoms with Crippen molar-refractivity contribution in [3.63, 3.8) is 0 Å². The third kappa shape index (κ3) is 3.77. The molecule has 0 aliphatic rings. The number of nitro groups is 1. The van der Waals surface area contributed by atoms with Crippen molar-refractivity contribution in [1.82, 2.24) is 0 Å². The van der Waals surface area contributed by atoms with Crippen LogP contribution < -0.4 is 0 Å². The van der Waals surface area contributed by atoms with E-state index < -0.39 is 4.92 Å². The first-order valence-corrected chi connectivity index (χ1v) is 6.58. The molecule has 2 aromatic rings. The zero-order chi connectivity index (χ0) is 15.4. The lowest BCUT2D eigenvalue weighted by molar-refractivity contribution is -0.385. The van der Waals surface area contributed by atoms with E-state index in [9.17, 15) is 14.9 Å². The van der Waals surface area contributed by atoms with Gasteiger partial charge in [0, 0.05) is 22.2 Å². The number of hydrogen-bond donors (Lipinski definition) is 0. The molecule has 0 saturated heterocycles. The van der Waals surface area contributed by atoms with Gasteiger partial charge in [-0.2, -0.15) is 0 Å². The fraction of sp³-hybridized carbons (Fsp3) is 0.0625. The molecule has 0 atom stereocenters. The molecule has 0 saturated carbocycles. The molecule has 0 heterocycles. The zero-order valence-corrected chi connectivity index (χ0v) is 12.0. The normalized spacial score (nSPS) is 10.8. The predicted molar refractivity (Wildman–Crippen MR) is 82.6 cm³/mol. The number of benzene rings is 2. The molecule has 5 heteroatoms. The molecular weight excluding hydrogens is 290 g/mol. The molecule has 0 unspecified atom stereocenters. The standard InChI is InChI=1S/C16H12ClNO3/c1-11-5-6-12(9-15(11)18(20)21)7-8-16(19)13-3-2-4-14(17)10-13/h2-10H,1H3/b8-7+. The van der Waals surface area contributed by atoms with Crippen molar-refractivity contribution in [3.05, 3.63) is 80.4 Å². The monoisotopic (exact) mass is 301 g/mol. The van der Waals surface area contributed by atoms with Crippen LogP contribution in [0.3, 0.4) is 0 Å². The number of ketones is 1. The van der Waals surface area contributed by atoms with Crippen molar-refractivity contribution in [2.24, 2.45) is 0 Å². The van der Waals surface area contributed by atoms with Crippen LogP contribution in [0.25, 0.3) is 6.08 Å². The summed E-state index contributed by atoms with van der Waals surface area (Å²) < 4.78 is 0. The lowest BCUT2D eigenvalue weighted by Crippen LogP contribution is -1.94. The van der Waals surface area contributed by atoms with Crippen molar-refractivity contribution in [1.29, 1.82) is 0 Å². The summed E-state index contributed by atoms with van der Waals surface area (Å²) >= 11 is 5.83. The van der Waals surface area contributed by atoms with Gasteiger partial charge in [-0.25, -0.2) is 0 Å². The fourth-order valence-corrected chi connectivity index (χ4v) is 2.03. The summed E-state index contributed by atoms with van der Waals surface area (Å²) in [5, 5.41) is 11.4. The Morgan fingerprint density at radius 2 is 2.00 bits per heavy atom. The Labute approximate surface area is 126 Å². The molecule has 0 spiro atoms. The third-order valence-corrected chi connectivity index (χ3v) is 3.20. The molecule has 0 aromatic heterocycles. The summed E-state index contributed by atoms with van der Waals surface area (Å²) in [7, 11) is 0. The number of nitro benzene ring substituents is 1. The van der Waals surface area contributed by atoms with Crippen molar-refractivity contribution in [3.8, 4) is 0 Å². The van der Waals surface area contributed by atoms with Gasteiger partial charge in [0.15, 0.2) is 5.78 Å². The zero-order valence-electron chi connectivity index (χ0n) is 11.2. The Morgan fingerprint density at radius 3 is 2.67 bits per heavy atom. The Balaban J connectivity index is 2.23. The highest BCUT2D eigenvalue weighted by molar-refractivity contribution is 6.31. The number of hydrogen-bond acceptors (Lipinski definition) is 3. The van der Waals surface area contributed by atoms with Gasteiger partial charge < -0.3 is 0 Å². The van der Waals surface area contributed by atoms with Crippen molar-refractivity contribution < 1.29 is 9.72 Å². The number of halogens is 1. The molecule has 4 nitrogen and oxygen atoms in total. The smallest absolute Gasteiger partial charge is 0.272 e. The van der Waals surface area contributed by atoms with E-state index >= 15 is 0 Å². The minimum Gasteiger partial charge on any atom is -0.289 e. The fourth-order valence-electron chi connectivity index (χ4n) is 1.84. The van der Waals surface area contributed by atoms with E-state index in [-0.39, 0.29) is 11.5 Å². The van der Waals surface area contributed by atoms with E-state index in [2.05, 4.69) is 0 Å². The molecule has 2 rings (SSSR count). The molecule has 2 aromatic carbocycles. The van der Waals surface area contributed by atoms with Crippen LogP contribution in [-0.4, -0.2) is 10.7 Å². The Bertz CT molecular complexity index is 738. The number of rotatable bonds is 4. The van der Waals surface area contributed by atoms with Crippen LogP contribution >= 0.6 is 11.6 Å². The first kappa shape index (κ1) is 14.9. The number of nitrogens with zero attached hydrogens (tertiary/aromatic N) is 1. The number of aryl methyl sites for hydroxylation is 1. The van der Waals surface area contributed by atoms with Crippen molar-refractivity contribution in [2.45, 2.75) is 6.92 Å². The maximum absolute atomic E-state index is 12.0. The molecular formula is C16H12ClNO3. The number of allylic oxidation sites excluding steroid dienone is 1. The SMILES string of the molecule is Cc1ccc(/C=C/C(=O)c2cccc(Cl)c2)cc1[N+](=O)[O-]. The average Bonchev–Trinajstić information content (AvgIpc) is 2.45. The lowest BCUT2D eigenvalue weighted by Gasteiger charge is -1.99. The second-order valence-electron chi connectivity index (χ2n) is 4.51. The molecule has 0 fully saturated rings. The maximum atomic E-state index is 12.0. The minimum atomic E-state index is -0.439. The molecule has 0 radical (unpaired) electrons. The van der Waals surface area contributed by atoms with E-state index in [1.165, 1.54) is 12.1 Å². The number of carbonyl (C=O) groups is 1. The first-order chi connectivity index (χ1) is 9.97. The summed E-state index contributed by atoms with van der Waals surface area (Å²) in [6.45, 7) is 1.67. The minimum absolute atomic E-state index is 0.0346. The van der Waals surface area contributed by atoms with E-state index in [0.29, 0.717) is 21.7 Å². The Kier molecular flexibility index (Phi) is 4.50. The quantitative estimate of drug-likeness (QED) is 0.363. The van der Waals surface area contributed by atoms with Gasteiger partial charge in [0.1, 0.15) is 0 Å². The van der Waals surface area contributed by atoms with E-state index in [1.807, 2.05) is 0 Å². The van der Waals surface area contributed by atoms with E-state index in [1.54, 1.807) is 49.4 Å². The molecule has 0 N–H and O–H groups in total. The highest BCUT2D eigenvalue weighted by Crippen LogP contribution is 2.20. The molecule has 21 heavy (non-hydrogen) atoms. The van der Waals surface area contributed by atoms with Crippen LogP contribution in [0.2, 0.25) is 5.02 Å². The summed E-state index contributed by atoms with van der Waals surface area (Å²) in [6.07, 6.45) is 2.93. The summed E-state index contributed by atoms with van der Waals surface area (Å²) in [6, 6.07) is 11.4. The lowest BCUT2D eigenvalue weighted by atomic mass is 10.1. The summed E-state index contributed by atoms with van der Waals surface area (Å²) in [4.78, 5) is 22.4. The maximum Gasteiger partial charge on any atom is 0.272 e. The van der Waals surface area contributed by atoms with Crippen LogP contribution in [-0.2, 0) is 0 Å². The average molecular weight is 302 g/mol. The van der Waals surface area contributed by atoms with Crippen LogP contribution in [0, 0.1) is 17.0 Å². The largest absolute Gasteiger partial charge is 0.289 e. The van der Waals surface area contributed by atoms with Crippen molar-refractivity contribution in [2.75, 3.05) is 0 Å². The Morgan fingerprint density at radius 1 is 1.24 bits per heavy atom. The van der Waals surface area contributed by atoms with E-state index in [0.717, 1.165) is 0 Å². The van der Waals surface area contributed by atoms with Gasteiger partial charge in [0.25, 0.3) is 5.69 Å². The third-order valence-electron chi connectivity index (χ3n) is 2.97. The van der Waals surface area contributed by atoms with Crippen molar-refractivity contribution >= 4 is 29.1 Å². The topological polar surface area (TPSA) is 60.2 Å². The molecule has 106 valence electrons. The predicted octanol–water partition coefficient (Wildman–Crippen LogP) is 4.45. The van der Waals surface area contributed by atoms with Crippen LogP contribution in [0.1, 0.15) is 21.5 Å². The molecule has 0 bridgehead atoms. The van der Waals surface area contributed by atoms with Gasteiger partial charge in [0.05, 0.1) is 4.92 Å². The molecule has 0 aliphatic heterocycles. The van der Waals surface area contributed by atoms with Gasteiger partial charge >= 0.3 is 0 Å². The van der Waals surface area contributed by atoms with Gasteiger partial charge in [-0.15, -0.1) is 0 Å². The highest BCUT2D eigenvalue weighted by Gasteiger charge is 2.10. The highest BCUT2D eigenvalue weighted by atomic mass is 35.5. The van der Waals surface area contributed by atoms with Gasteiger partial charge in [-0.05, 0) is 30.7 Å². The van der Waals surface area contributed by atoms with Crippen LogP contribution in [0.15, 0.2) is 48.5 Å². The number of carbonyl (C=O) groups excluding carboxylic acids is 1. The Hall–Kier alpha value is -2.46. The van der Waals surface area contributed by atoms with Gasteiger partial charge in [0.2, 0.25) is 0 Å². The summed E-state index contributed by atoms with van der Waals surface area (Å²) in [5.41, 5.74) is 1.69. The van der Waals surface area contributed by atoms with Crippen LogP contribution in [0.5, 0.6) is 0 Å². The van der Waals surface area contributed by atoms with E-state index in [4.69, 9.17) is 11.6 Å². The van der Waals surface area contributed by atoms with Crippen LogP contribution in [0.4, 0.5) is 5.69 Å². The molecule has 0 amide bonds.